The maximum Gasteiger partial charge on any atom is 0.312 e. The molecule has 1 atom stereocenters. The van der Waals surface area contributed by atoms with E-state index < -0.39 is 11.9 Å². The third-order valence-corrected chi connectivity index (χ3v) is 4.13. The summed E-state index contributed by atoms with van der Waals surface area (Å²) in [6.45, 7) is 0.0202. The predicted molar refractivity (Wildman–Crippen MR) is 78.5 cm³/mol. The Balaban J connectivity index is 2.06. The number of carboxylic acid groups (broad SMARTS) is 1. The summed E-state index contributed by atoms with van der Waals surface area (Å²) in [5, 5.41) is 13.9. The number of benzene rings is 1. The number of carboxylic acids is 1. The van der Waals surface area contributed by atoms with Crippen LogP contribution in [0.15, 0.2) is 41.8 Å². The average molecular weight is 310 g/mol. The van der Waals surface area contributed by atoms with Gasteiger partial charge in [0.1, 0.15) is 4.88 Å². The molecule has 1 unspecified atom stereocenters. The fourth-order valence-corrected chi connectivity index (χ4v) is 2.82. The van der Waals surface area contributed by atoms with Crippen LogP contribution in [-0.4, -0.2) is 23.5 Å². The standard InChI is InChI=1S/C14H12ClNO3S/c15-11-6-7-20-12(11)13(17)16-8-10(14(18)19)9-4-2-1-3-5-9/h1-7,10H,8H2,(H,16,17)(H,18,19). The number of hydrogen-bond donors (Lipinski definition) is 2. The van der Waals surface area contributed by atoms with E-state index in [0.717, 1.165) is 0 Å². The summed E-state index contributed by atoms with van der Waals surface area (Å²) >= 11 is 7.08. The van der Waals surface area contributed by atoms with E-state index in [9.17, 15) is 14.7 Å². The summed E-state index contributed by atoms with van der Waals surface area (Å²) in [5.74, 6) is -2.11. The first kappa shape index (κ1) is 14.6. The minimum atomic E-state index is -0.978. The molecule has 0 bridgehead atoms. The van der Waals surface area contributed by atoms with E-state index in [1.54, 1.807) is 35.7 Å². The second kappa shape index (κ2) is 6.54. The van der Waals surface area contributed by atoms with Gasteiger partial charge in [-0.2, -0.15) is 0 Å². The minimum absolute atomic E-state index is 0.0202. The molecule has 1 amide bonds. The van der Waals surface area contributed by atoms with Gasteiger partial charge in [-0.1, -0.05) is 41.9 Å². The van der Waals surface area contributed by atoms with Crippen LogP contribution >= 0.6 is 22.9 Å². The van der Waals surface area contributed by atoms with Crippen LogP contribution in [0.1, 0.15) is 21.2 Å². The number of carbonyl (C=O) groups excluding carboxylic acids is 1. The van der Waals surface area contributed by atoms with Gasteiger partial charge in [0.25, 0.3) is 5.91 Å². The fraction of sp³-hybridized carbons (Fsp3) is 0.143. The number of halogens is 1. The van der Waals surface area contributed by atoms with Crippen molar-refractivity contribution in [1.82, 2.24) is 5.32 Å². The second-order valence-electron chi connectivity index (χ2n) is 4.11. The van der Waals surface area contributed by atoms with Crippen LogP contribution in [0.2, 0.25) is 5.02 Å². The van der Waals surface area contributed by atoms with E-state index in [2.05, 4.69) is 5.32 Å². The molecule has 1 aromatic carbocycles. The van der Waals surface area contributed by atoms with Gasteiger partial charge in [-0.15, -0.1) is 11.3 Å². The molecule has 20 heavy (non-hydrogen) atoms. The Labute approximate surface area is 125 Å². The molecule has 1 heterocycles. The highest BCUT2D eigenvalue weighted by Crippen LogP contribution is 2.22. The maximum atomic E-state index is 11.9. The molecule has 104 valence electrons. The molecule has 6 heteroatoms. The van der Waals surface area contributed by atoms with Crippen LogP contribution in [0.5, 0.6) is 0 Å². The van der Waals surface area contributed by atoms with Gasteiger partial charge in [-0.3, -0.25) is 9.59 Å². The quantitative estimate of drug-likeness (QED) is 0.892. The second-order valence-corrected chi connectivity index (χ2v) is 5.43. The van der Waals surface area contributed by atoms with E-state index in [-0.39, 0.29) is 12.5 Å². The van der Waals surface area contributed by atoms with Crippen LogP contribution in [-0.2, 0) is 4.79 Å². The number of rotatable bonds is 5. The Hall–Kier alpha value is -1.85. The first-order valence-corrected chi connectivity index (χ1v) is 7.14. The van der Waals surface area contributed by atoms with Gasteiger partial charge >= 0.3 is 5.97 Å². The predicted octanol–water partition coefficient (Wildman–Crippen LogP) is 3.00. The Bertz CT molecular complexity index is 612. The molecule has 2 rings (SSSR count). The van der Waals surface area contributed by atoms with Gasteiger partial charge in [0.2, 0.25) is 0 Å². The van der Waals surface area contributed by atoms with Crippen molar-refractivity contribution in [2.75, 3.05) is 6.54 Å². The molecule has 0 aliphatic rings. The molecule has 2 aromatic rings. The van der Waals surface area contributed by atoms with Crippen molar-refractivity contribution in [3.8, 4) is 0 Å². The van der Waals surface area contributed by atoms with Crippen LogP contribution < -0.4 is 5.32 Å². The molecule has 1 aromatic heterocycles. The first-order chi connectivity index (χ1) is 9.59. The Morgan fingerprint density at radius 2 is 1.95 bits per heavy atom. The lowest BCUT2D eigenvalue weighted by Crippen LogP contribution is -2.31. The van der Waals surface area contributed by atoms with E-state index in [0.29, 0.717) is 15.5 Å². The van der Waals surface area contributed by atoms with E-state index in [1.165, 1.54) is 11.3 Å². The summed E-state index contributed by atoms with van der Waals surface area (Å²) in [6.07, 6.45) is 0. The fourth-order valence-electron chi connectivity index (χ4n) is 1.76. The monoisotopic (exact) mass is 309 g/mol. The zero-order chi connectivity index (χ0) is 14.5. The van der Waals surface area contributed by atoms with E-state index in [4.69, 9.17) is 11.6 Å². The lowest BCUT2D eigenvalue weighted by molar-refractivity contribution is -0.138. The molecule has 0 radical (unpaired) electrons. The number of thiophene rings is 1. The number of hydrogen-bond acceptors (Lipinski definition) is 3. The molecule has 0 aliphatic carbocycles. The smallest absolute Gasteiger partial charge is 0.312 e. The lowest BCUT2D eigenvalue weighted by atomic mass is 9.99. The van der Waals surface area contributed by atoms with Crippen molar-refractivity contribution in [3.05, 3.63) is 57.2 Å². The zero-order valence-corrected chi connectivity index (χ0v) is 11.9. The van der Waals surface area contributed by atoms with Crippen molar-refractivity contribution in [2.45, 2.75) is 5.92 Å². The molecular weight excluding hydrogens is 298 g/mol. The molecule has 0 fully saturated rings. The molecule has 0 spiro atoms. The number of nitrogens with one attached hydrogen (secondary N) is 1. The Kier molecular flexibility index (Phi) is 4.76. The van der Waals surface area contributed by atoms with Gasteiger partial charge in [0, 0.05) is 6.54 Å². The van der Waals surface area contributed by atoms with Gasteiger partial charge in [0.15, 0.2) is 0 Å². The molecule has 0 saturated heterocycles. The van der Waals surface area contributed by atoms with Crippen molar-refractivity contribution in [2.24, 2.45) is 0 Å². The Morgan fingerprint density at radius 1 is 1.25 bits per heavy atom. The largest absolute Gasteiger partial charge is 0.481 e. The number of amides is 1. The summed E-state index contributed by atoms with van der Waals surface area (Å²) in [7, 11) is 0. The summed E-state index contributed by atoms with van der Waals surface area (Å²) in [4.78, 5) is 23.6. The normalized spacial score (nSPS) is 11.8. The Morgan fingerprint density at radius 3 is 2.50 bits per heavy atom. The summed E-state index contributed by atoms with van der Waals surface area (Å²) < 4.78 is 0. The van der Waals surface area contributed by atoms with Crippen molar-refractivity contribution < 1.29 is 14.7 Å². The van der Waals surface area contributed by atoms with Crippen LogP contribution in [0.3, 0.4) is 0 Å². The molecular formula is C14H12ClNO3S. The minimum Gasteiger partial charge on any atom is -0.481 e. The van der Waals surface area contributed by atoms with Gasteiger partial charge in [-0.05, 0) is 17.0 Å². The molecule has 0 saturated carbocycles. The van der Waals surface area contributed by atoms with Gasteiger partial charge in [0.05, 0.1) is 10.9 Å². The highest BCUT2D eigenvalue weighted by molar-refractivity contribution is 7.12. The van der Waals surface area contributed by atoms with Crippen molar-refractivity contribution >= 4 is 34.8 Å². The third-order valence-electron chi connectivity index (χ3n) is 2.79. The average Bonchev–Trinajstić information content (AvgIpc) is 2.86. The number of carbonyl (C=O) groups is 2. The highest BCUT2D eigenvalue weighted by Gasteiger charge is 2.21. The lowest BCUT2D eigenvalue weighted by Gasteiger charge is -2.13. The van der Waals surface area contributed by atoms with Crippen LogP contribution in [0, 0.1) is 0 Å². The van der Waals surface area contributed by atoms with E-state index in [1.807, 2.05) is 6.07 Å². The summed E-state index contributed by atoms with van der Waals surface area (Å²) in [6, 6.07) is 10.4. The third kappa shape index (κ3) is 3.37. The number of aliphatic carboxylic acids is 1. The van der Waals surface area contributed by atoms with E-state index >= 15 is 0 Å². The van der Waals surface area contributed by atoms with Gasteiger partial charge in [-0.25, -0.2) is 0 Å². The van der Waals surface area contributed by atoms with Crippen molar-refractivity contribution in [3.63, 3.8) is 0 Å². The SMILES string of the molecule is O=C(NCC(C(=O)O)c1ccccc1)c1sccc1Cl. The molecule has 2 N–H and O–H groups in total. The summed E-state index contributed by atoms with van der Waals surface area (Å²) in [5.41, 5.74) is 0.651. The van der Waals surface area contributed by atoms with Crippen molar-refractivity contribution in [1.29, 1.82) is 0 Å². The van der Waals surface area contributed by atoms with Gasteiger partial charge < -0.3 is 10.4 Å². The maximum absolute atomic E-state index is 11.9. The molecule has 4 nitrogen and oxygen atoms in total. The topological polar surface area (TPSA) is 66.4 Å². The highest BCUT2D eigenvalue weighted by atomic mass is 35.5. The first-order valence-electron chi connectivity index (χ1n) is 5.88. The van der Waals surface area contributed by atoms with Crippen LogP contribution in [0.25, 0.3) is 0 Å². The zero-order valence-electron chi connectivity index (χ0n) is 10.4. The van der Waals surface area contributed by atoms with Crippen LogP contribution in [0.4, 0.5) is 0 Å². The molecule has 0 aliphatic heterocycles.